The minimum atomic E-state index is -5.79. The number of hydrogen-bond donors (Lipinski definition) is 0. The number of imidazole rings is 8. The molecular formula is C58H52Cl6F16Li2N20O8S4Zn4. The van der Waals surface area contributed by atoms with Crippen molar-refractivity contribution >= 4 is 123 Å². The third-order valence-electron chi connectivity index (χ3n) is 15.7. The number of pyridine rings is 4. The quantitative estimate of drug-likeness (QED) is 0.0783. The minimum absolute atomic E-state index is 0. The maximum Gasteiger partial charge on any atom is 1.00 e. The number of sulfone groups is 4. The first-order valence-electron chi connectivity index (χ1n) is 30.9. The molecule has 620 valence electrons. The molecule has 0 saturated heterocycles. The summed E-state index contributed by atoms with van der Waals surface area (Å²) in [4.78, 5) is 46.8. The zero-order valence-corrected chi connectivity index (χ0v) is 83.1. The van der Waals surface area contributed by atoms with Crippen molar-refractivity contribution in [3.63, 3.8) is 0 Å². The average molecular weight is 2080 g/mol. The molecule has 0 radical (unpaired) electrons. The van der Waals surface area contributed by atoms with Crippen LogP contribution < -0.4 is 62.5 Å². The van der Waals surface area contributed by atoms with Gasteiger partial charge in [0.2, 0.25) is 0 Å². The molecule has 0 N–H and O–H groups in total. The summed E-state index contributed by atoms with van der Waals surface area (Å²) in [6.07, 6.45) is -8.51. The normalized spacial score (nSPS) is 12.1. The van der Waals surface area contributed by atoms with Gasteiger partial charge in [0, 0.05) is 121 Å². The van der Waals surface area contributed by atoms with E-state index in [0.29, 0.717) is 36.9 Å². The van der Waals surface area contributed by atoms with Crippen LogP contribution in [0, 0.1) is 25.3 Å². The number of fused-ring (bicyclic) bond motifs is 4. The van der Waals surface area contributed by atoms with Crippen molar-refractivity contribution in [1.29, 1.82) is 0 Å². The van der Waals surface area contributed by atoms with E-state index in [1.54, 1.807) is 0 Å². The van der Waals surface area contributed by atoms with Crippen molar-refractivity contribution in [3.05, 3.63) is 96.6 Å². The third-order valence-corrected chi connectivity index (χ3v) is 23.0. The molecular weight excluding hydrogens is 2030 g/mol. The summed E-state index contributed by atoms with van der Waals surface area (Å²) in [6, 6.07) is 2.87. The maximum absolute atomic E-state index is 13.6. The van der Waals surface area contributed by atoms with Crippen LogP contribution >= 0.6 is 38.8 Å². The van der Waals surface area contributed by atoms with Crippen molar-refractivity contribution in [2.45, 2.75) is 84.3 Å². The molecule has 0 unspecified atom stereocenters. The Morgan fingerprint density at radius 1 is 0.331 bits per heavy atom. The Morgan fingerprint density at radius 3 is 0.661 bits per heavy atom. The van der Waals surface area contributed by atoms with Crippen LogP contribution in [-0.2, 0) is 189 Å². The van der Waals surface area contributed by atoms with Crippen molar-refractivity contribution < 1.29 is 236 Å². The van der Waals surface area contributed by atoms with Crippen molar-refractivity contribution in [2.75, 3.05) is 23.0 Å². The van der Waals surface area contributed by atoms with E-state index in [0.717, 1.165) is 90.5 Å². The molecule has 0 aliphatic carbocycles. The SMILES string of the molecule is CCS(=O)(=O)c1c(-c2nc3cc(C(F)(F)C(F)(F)F)cnc3n2C)n[c-]n1C.CCS(=O)(=O)c1c(-c2nc3cc(C(F)(F)C(F)(F)F)cnc3n2C)n[c-]n1C.CCS(=O)(=O)c1c(-c2nc3cc(C(F)(F)F)cnc3n2C)n[c-]n1C.CCS(=O)(=O)c1c(-c2nc3cc(C(F)(F)F)cnc3n2C)n[c-]n1C.[Cl-].[Cl-].[Cl][Zn+].[Cl][Zn+].[Cl][Zn+].[Cl][Zn+].[Li+].[Li+]. The van der Waals surface area contributed by atoms with Crippen molar-refractivity contribution in [3.8, 4) is 46.1 Å². The van der Waals surface area contributed by atoms with Crippen molar-refractivity contribution in [2.24, 2.45) is 56.4 Å². The monoisotopic (exact) mass is 2070 g/mol. The molecule has 12 heterocycles. The van der Waals surface area contributed by atoms with Gasteiger partial charge in [-0.15, -0.1) is 0 Å². The standard InChI is InChI=1S/2C15H13F5N5O2S.2C14H13F3N5O2S.6ClH.2Li.4Zn/c2*1-4-28(26,27)13-10(22-7-24(13)2)12-23-9-5-8(6-21-11(9)25(12)3)14(16,17)15(18,19)20;2*1-4-25(23,24)13-10(19-7-21(13)2)12-20-9-5-8(14(15,16)17)6-18-11(9)22(12)3;;;;;;;;;;;;/h2*5-6H,4H2,1-3H3;2*5-6H,4H2,1-3H3;6*1H;;;;;;/q4*-1;;;;;;;2*+1;4*+2/p-6. The predicted molar refractivity (Wildman–Crippen MR) is 362 cm³/mol. The van der Waals surface area contributed by atoms with E-state index >= 15 is 0 Å². The van der Waals surface area contributed by atoms with E-state index in [1.165, 1.54) is 111 Å². The first kappa shape index (κ1) is 111. The second-order valence-corrected chi connectivity index (χ2v) is 31.5. The average Bonchev–Trinajstić information content (AvgIpc) is 1.61. The molecule has 12 aromatic rings. The van der Waals surface area contributed by atoms with E-state index < -0.39 is 98.2 Å². The molecule has 28 nitrogen and oxygen atoms in total. The van der Waals surface area contributed by atoms with Crippen LogP contribution in [0.4, 0.5) is 70.2 Å². The van der Waals surface area contributed by atoms with Gasteiger partial charge in [0.25, 0.3) is 0 Å². The number of alkyl halides is 16. The van der Waals surface area contributed by atoms with Gasteiger partial charge in [0.1, 0.15) is 61.4 Å². The second-order valence-electron chi connectivity index (χ2n) is 22.7. The Hall–Kier alpha value is -4.57. The molecule has 12 rings (SSSR count). The predicted octanol–water partition coefficient (Wildman–Crippen LogP) is -0.0398. The van der Waals surface area contributed by atoms with Crippen LogP contribution in [0.15, 0.2) is 69.2 Å². The minimum Gasteiger partial charge on any atom is 1.00 e. The molecule has 0 aromatic carbocycles. The number of aryl methyl sites for hydroxylation is 8. The molecule has 0 fully saturated rings. The van der Waals surface area contributed by atoms with Crippen molar-refractivity contribution in [1.82, 2.24) is 96.3 Å². The Bertz CT molecular complexity index is 5600. The van der Waals surface area contributed by atoms with Gasteiger partial charge in [0.05, 0.1) is 45.6 Å². The van der Waals surface area contributed by atoms with E-state index in [-0.39, 0.29) is 196 Å². The molecule has 0 saturated carbocycles. The topological polar surface area (TPSA) is 331 Å². The summed E-state index contributed by atoms with van der Waals surface area (Å²) in [7, 11) is 15.9. The van der Waals surface area contributed by atoms with Gasteiger partial charge in [-0.25, -0.2) is 73.5 Å². The fourth-order valence-corrected chi connectivity index (χ4v) is 14.8. The molecule has 0 amide bonds. The summed E-state index contributed by atoms with van der Waals surface area (Å²) >= 11 is 3.39. The fraction of sp³-hybridized carbons (Fsp3) is 0.379. The van der Waals surface area contributed by atoms with Crippen LogP contribution in [0.1, 0.15) is 49.9 Å². The maximum atomic E-state index is 13.6. The van der Waals surface area contributed by atoms with E-state index in [1.807, 2.05) is 0 Å². The molecule has 12 aromatic heterocycles. The van der Waals surface area contributed by atoms with E-state index in [4.69, 9.17) is 38.8 Å². The van der Waals surface area contributed by atoms with E-state index in [2.05, 4.69) is 85.1 Å². The Morgan fingerprint density at radius 2 is 0.500 bits per heavy atom. The fourth-order valence-electron chi connectivity index (χ4n) is 10.2. The zero-order valence-electron chi connectivity index (χ0n) is 63.4. The van der Waals surface area contributed by atoms with Gasteiger partial charge < -0.3 is 81.3 Å². The van der Waals surface area contributed by atoms with Gasteiger partial charge >= 0.3 is 182 Å². The van der Waals surface area contributed by atoms with Gasteiger partial charge in [-0.2, -0.15) is 70.2 Å². The second kappa shape index (κ2) is 43.4. The van der Waals surface area contributed by atoms with Crippen LogP contribution in [0.2, 0.25) is 0 Å². The zero-order chi connectivity index (χ0) is 87.3. The largest absolute Gasteiger partial charge is 1.00 e. The number of aromatic nitrogens is 20. The Balaban J connectivity index is 0.000000756. The molecule has 0 spiro atoms. The van der Waals surface area contributed by atoms with Crippen LogP contribution in [0.3, 0.4) is 0 Å². The van der Waals surface area contributed by atoms with Gasteiger partial charge in [-0.1, -0.05) is 27.7 Å². The van der Waals surface area contributed by atoms with Gasteiger partial charge in [0.15, 0.2) is 22.6 Å². The summed E-state index contributed by atoms with van der Waals surface area (Å²) in [6.45, 7) is 5.82. The Kier molecular flexibility index (Phi) is 40.9. The molecule has 0 bridgehead atoms. The van der Waals surface area contributed by atoms with Crippen LogP contribution in [0.25, 0.3) is 90.7 Å². The number of nitrogens with zero attached hydrogens (tertiary/aromatic N) is 20. The summed E-state index contributed by atoms with van der Waals surface area (Å²) in [5.74, 6) is -10.9. The molecule has 0 aliphatic heterocycles. The summed E-state index contributed by atoms with van der Waals surface area (Å²) in [5, 5.41) is -0.586. The molecule has 0 atom stereocenters. The first-order valence-corrected chi connectivity index (χ1v) is 53.1. The van der Waals surface area contributed by atoms with Gasteiger partial charge in [-0.05, 0) is 75.2 Å². The van der Waals surface area contributed by atoms with E-state index in [9.17, 15) is 104 Å². The van der Waals surface area contributed by atoms with Gasteiger partial charge in [-0.3, -0.25) is 0 Å². The number of hydrogen-bond acceptors (Lipinski definition) is 20. The summed E-state index contributed by atoms with van der Waals surface area (Å²) < 4.78 is 316. The number of rotatable bonds is 14. The molecule has 118 heavy (non-hydrogen) atoms. The molecule has 60 heteroatoms. The van der Waals surface area contributed by atoms with Crippen LogP contribution in [0.5, 0.6) is 0 Å². The molecule has 0 aliphatic rings. The Labute approximate surface area is 753 Å². The van der Waals surface area contributed by atoms with Crippen LogP contribution in [-0.4, -0.2) is 165 Å². The summed E-state index contributed by atoms with van der Waals surface area (Å²) in [5.41, 5.74) is -4.93. The number of halogens is 22. The third kappa shape index (κ3) is 23.3. The smallest absolute Gasteiger partial charge is 1.00 e. The first-order chi connectivity index (χ1) is 52.7.